The number of H-pyrrole nitrogens is 1. The van der Waals surface area contributed by atoms with Crippen molar-refractivity contribution < 1.29 is 9.53 Å². The Morgan fingerprint density at radius 1 is 1.37 bits per heavy atom. The van der Waals surface area contributed by atoms with Crippen molar-refractivity contribution in [3.8, 4) is 0 Å². The first kappa shape index (κ1) is 17.3. The lowest BCUT2D eigenvalue weighted by Crippen LogP contribution is -2.30. The molecule has 11 heteroatoms. The number of carbonyl (C=O) groups is 1. The molecule has 0 atom stereocenters. The molecular weight excluding hydrogens is 350 g/mol. The van der Waals surface area contributed by atoms with Gasteiger partial charge in [-0.25, -0.2) is 14.8 Å². The van der Waals surface area contributed by atoms with E-state index in [1.165, 1.54) is 0 Å². The second-order valence-electron chi connectivity index (χ2n) is 6.31. The summed E-state index contributed by atoms with van der Waals surface area (Å²) in [5.74, 6) is 0.231. The van der Waals surface area contributed by atoms with Crippen molar-refractivity contribution in [1.82, 2.24) is 40.7 Å². The van der Waals surface area contributed by atoms with Crippen LogP contribution in [0, 0.1) is 0 Å². The number of rotatable bonds is 6. The summed E-state index contributed by atoms with van der Waals surface area (Å²) >= 11 is 0. The number of ether oxygens (including phenoxy) is 1. The number of amides is 1. The van der Waals surface area contributed by atoms with E-state index in [1.54, 1.807) is 12.4 Å². The molecule has 0 bridgehead atoms. The lowest BCUT2D eigenvalue weighted by atomic mass is 10.1. The van der Waals surface area contributed by atoms with E-state index in [-0.39, 0.29) is 18.5 Å². The lowest BCUT2D eigenvalue weighted by Gasteiger charge is -2.25. The quantitative estimate of drug-likeness (QED) is 0.569. The molecule has 1 saturated heterocycles. The number of fused-ring (bicyclic) bond motifs is 1. The number of aryl methyl sites for hydroxylation is 1. The summed E-state index contributed by atoms with van der Waals surface area (Å²) < 4.78 is 7.25. The van der Waals surface area contributed by atoms with E-state index in [2.05, 4.69) is 41.3 Å². The van der Waals surface area contributed by atoms with Gasteiger partial charge in [0.25, 0.3) is 5.91 Å². The Hall–Kier alpha value is -3.08. The summed E-state index contributed by atoms with van der Waals surface area (Å²) in [5.41, 5.74) is 1.97. The van der Waals surface area contributed by atoms with Crippen LogP contribution in [-0.4, -0.2) is 60.6 Å². The highest BCUT2D eigenvalue weighted by Gasteiger charge is 2.22. The van der Waals surface area contributed by atoms with Crippen molar-refractivity contribution in [3.63, 3.8) is 0 Å². The summed E-state index contributed by atoms with van der Waals surface area (Å²) in [6.07, 6.45) is 5.11. The van der Waals surface area contributed by atoms with Gasteiger partial charge in [-0.15, -0.1) is 5.10 Å². The van der Waals surface area contributed by atoms with Crippen LogP contribution in [0.2, 0.25) is 0 Å². The molecule has 3 N–H and O–H groups in total. The van der Waals surface area contributed by atoms with Crippen LogP contribution in [0.25, 0.3) is 11.0 Å². The smallest absolute Gasteiger partial charge is 0.255 e. The van der Waals surface area contributed by atoms with Crippen LogP contribution in [0.1, 0.15) is 35.9 Å². The Labute approximate surface area is 154 Å². The highest BCUT2D eigenvalue weighted by molar-refractivity contribution is 6.06. The molecule has 3 aromatic rings. The standard InChI is InChI=1S/C16H21N9O2/c1-2-25-15-11(8-19-25)14(20-10-3-5-27-6-4-10)12(7-17-15)16(26)18-9-13-21-23-24-22-13/h7-8,10H,2-6,9H2,1H3,(H,17,20)(H,18,26)(H,21,22,23,24). The average Bonchev–Trinajstić information content (AvgIpc) is 3.37. The van der Waals surface area contributed by atoms with E-state index >= 15 is 0 Å². The largest absolute Gasteiger partial charge is 0.381 e. The Morgan fingerprint density at radius 2 is 2.22 bits per heavy atom. The van der Waals surface area contributed by atoms with E-state index in [0.717, 1.165) is 29.6 Å². The highest BCUT2D eigenvalue weighted by Crippen LogP contribution is 2.28. The molecule has 142 valence electrons. The van der Waals surface area contributed by atoms with Crippen molar-refractivity contribution in [2.75, 3.05) is 18.5 Å². The average molecular weight is 371 g/mol. The predicted molar refractivity (Wildman–Crippen MR) is 96.0 cm³/mol. The minimum atomic E-state index is -0.250. The van der Waals surface area contributed by atoms with E-state index in [4.69, 9.17) is 4.74 Å². The fourth-order valence-corrected chi connectivity index (χ4v) is 3.14. The SMILES string of the molecule is CCn1ncc2c(NC3CCOCC3)c(C(=O)NCc3nnn[nH]3)cnc21. The molecule has 0 aromatic carbocycles. The molecule has 4 rings (SSSR count). The molecule has 0 saturated carbocycles. The maximum absolute atomic E-state index is 12.8. The van der Waals surface area contributed by atoms with E-state index in [9.17, 15) is 4.79 Å². The number of carbonyl (C=O) groups excluding carboxylic acids is 1. The second kappa shape index (κ2) is 7.66. The molecule has 11 nitrogen and oxygen atoms in total. The van der Waals surface area contributed by atoms with Crippen molar-refractivity contribution in [1.29, 1.82) is 0 Å². The first-order valence-corrected chi connectivity index (χ1v) is 8.96. The maximum Gasteiger partial charge on any atom is 0.255 e. The second-order valence-corrected chi connectivity index (χ2v) is 6.31. The third kappa shape index (κ3) is 3.58. The van der Waals surface area contributed by atoms with Gasteiger partial charge >= 0.3 is 0 Å². The zero-order valence-electron chi connectivity index (χ0n) is 15.0. The van der Waals surface area contributed by atoms with Crippen LogP contribution >= 0.6 is 0 Å². The minimum Gasteiger partial charge on any atom is -0.381 e. The van der Waals surface area contributed by atoms with Gasteiger partial charge < -0.3 is 15.4 Å². The minimum absolute atomic E-state index is 0.203. The third-order valence-electron chi connectivity index (χ3n) is 4.59. The summed E-state index contributed by atoms with van der Waals surface area (Å²) in [4.78, 5) is 17.3. The summed E-state index contributed by atoms with van der Waals surface area (Å²) in [6.45, 7) is 4.33. The number of hydrogen-bond acceptors (Lipinski definition) is 8. The number of pyridine rings is 1. The van der Waals surface area contributed by atoms with Crippen LogP contribution in [0.15, 0.2) is 12.4 Å². The number of nitrogens with one attached hydrogen (secondary N) is 3. The van der Waals surface area contributed by atoms with Gasteiger partial charge in [-0.3, -0.25) is 4.79 Å². The predicted octanol–water partition coefficient (Wildman–Crippen LogP) is 0.485. The number of nitrogens with zero attached hydrogens (tertiary/aromatic N) is 6. The number of aromatic amines is 1. The van der Waals surface area contributed by atoms with E-state index < -0.39 is 0 Å². The summed E-state index contributed by atoms with van der Waals surface area (Å²) in [7, 11) is 0. The van der Waals surface area contributed by atoms with Gasteiger partial charge in [0.05, 0.1) is 29.4 Å². The highest BCUT2D eigenvalue weighted by atomic mass is 16.5. The number of tetrazole rings is 1. The van der Waals surface area contributed by atoms with Crippen molar-refractivity contribution in [2.45, 2.75) is 38.9 Å². The van der Waals surface area contributed by atoms with Gasteiger partial charge in [-0.1, -0.05) is 0 Å². The van der Waals surface area contributed by atoms with Gasteiger partial charge in [-0.2, -0.15) is 5.10 Å². The van der Waals surface area contributed by atoms with Crippen LogP contribution in [0.5, 0.6) is 0 Å². The van der Waals surface area contributed by atoms with Crippen LogP contribution in [0.4, 0.5) is 5.69 Å². The van der Waals surface area contributed by atoms with E-state index in [1.807, 2.05) is 11.6 Å². The van der Waals surface area contributed by atoms with Crippen LogP contribution in [-0.2, 0) is 17.8 Å². The van der Waals surface area contributed by atoms with Crippen molar-refractivity contribution in [3.05, 3.63) is 23.8 Å². The molecule has 4 heterocycles. The normalized spacial score (nSPS) is 15.1. The summed E-state index contributed by atoms with van der Waals surface area (Å²) in [5, 5.41) is 24.9. The van der Waals surface area contributed by atoms with Crippen LogP contribution < -0.4 is 10.6 Å². The van der Waals surface area contributed by atoms with Gasteiger partial charge in [-0.05, 0) is 30.2 Å². The first-order valence-electron chi connectivity index (χ1n) is 8.96. The molecule has 1 fully saturated rings. The molecular formula is C16H21N9O2. The molecule has 0 spiro atoms. The first-order chi connectivity index (χ1) is 13.3. The molecule has 0 unspecified atom stereocenters. The van der Waals surface area contributed by atoms with E-state index in [0.29, 0.717) is 31.1 Å². The Balaban J connectivity index is 1.65. The maximum atomic E-state index is 12.8. The molecule has 1 aliphatic heterocycles. The molecule has 3 aromatic heterocycles. The molecule has 0 radical (unpaired) electrons. The molecule has 27 heavy (non-hydrogen) atoms. The van der Waals surface area contributed by atoms with Gasteiger partial charge in [0.15, 0.2) is 11.5 Å². The molecule has 1 aliphatic rings. The molecule has 1 amide bonds. The Morgan fingerprint density at radius 3 is 2.96 bits per heavy atom. The fourth-order valence-electron chi connectivity index (χ4n) is 3.14. The van der Waals surface area contributed by atoms with Crippen molar-refractivity contribution in [2.24, 2.45) is 0 Å². The topological polar surface area (TPSA) is 136 Å². The third-order valence-corrected chi connectivity index (χ3v) is 4.59. The molecule has 0 aliphatic carbocycles. The van der Waals surface area contributed by atoms with Gasteiger partial charge in [0, 0.05) is 32.0 Å². The Kier molecular flexibility index (Phi) is 4.92. The fraction of sp³-hybridized carbons (Fsp3) is 0.500. The summed E-state index contributed by atoms with van der Waals surface area (Å²) in [6, 6.07) is 0.236. The number of aromatic nitrogens is 7. The van der Waals surface area contributed by atoms with Crippen LogP contribution in [0.3, 0.4) is 0 Å². The zero-order valence-corrected chi connectivity index (χ0v) is 15.0. The number of anilines is 1. The lowest BCUT2D eigenvalue weighted by molar-refractivity contribution is 0.0904. The van der Waals surface area contributed by atoms with Gasteiger partial charge in [0.1, 0.15) is 0 Å². The number of hydrogen-bond donors (Lipinski definition) is 3. The van der Waals surface area contributed by atoms with Crippen molar-refractivity contribution >= 4 is 22.6 Å². The van der Waals surface area contributed by atoms with Gasteiger partial charge in [0.2, 0.25) is 0 Å². The monoisotopic (exact) mass is 371 g/mol. The zero-order chi connectivity index (χ0) is 18.6. The Bertz CT molecular complexity index is 916.